The first-order valence-corrected chi connectivity index (χ1v) is 16.6. The topological polar surface area (TPSA) is 57.6 Å². The zero-order valence-corrected chi connectivity index (χ0v) is 26.5. The van der Waals surface area contributed by atoms with Crippen LogP contribution in [0.1, 0.15) is 119 Å². The van der Waals surface area contributed by atoms with Gasteiger partial charge in [0.05, 0.1) is 18.3 Å². The van der Waals surface area contributed by atoms with Crippen molar-refractivity contribution in [3.63, 3.8) is 0 Å². The Hall–Kier alpha value is -0.620. The van der Waals surface area contributed by atoms with Gasteiger partial charge in [-0.05, 0) is 39.0 Å². The molecular formula is C29H59N4O3P. The van der Waals surface area contributed by atoms with Crippen LogP contribution >= 0.6 is 7.67 Å². The van der Waals surface area contributed by atoms with Crippen molar-refractivity contribution in [1.29, 1.82) is 0 Å². The van der Waals surface area contributed by atoms with Gasteiger partial charge in [0.2, 0.25) is 5.96 Å². The third-order valence-corrected chi connectivity index (χ3v) is 9.33. The highest BCUT2D eigenvalue weighted by molar-refractivity contribution is 7.55. The first-order chi connectivity index (χ1) is 17.3. The number of nitrogens with zero attached hydrogens (tertiary/aromatic N) is 4. The van der Waals surface area contributed by atoms with Crippen LogP contribution < -0.4 is 0 Å². The molecule has 0 N–H and O–H groups in total. The molecule has 2 aliphatic rings. The number of likely N-dealkylation sites (N-methyl/N-ethyl adjacent to an activating group) is 1. The average Bonchev–Trinajstić information content (AvgIpc) is 3.12. The molecule has 2 saturated heterocycles. The van der Waals surface area contributed by atoms with Crippen LogP contribution in [0.5, 0.6) is 0 Å². The van der Waals surface area contributed by atoms with E-state index in [1.807, 2.05) is 25.4 Å². The van der Waals surface area contributed by atoms with Gasteiger partial charge >= 0.3 is 7.67 Å². The maximum Gasteiger partial charge on any atom is 0.393 e. The van der Waals surface area contributed by atoms with Crippen LogP contribution in [0.2, 0.25) is 0 Å². The SMILES string of the molecule is CCCCCCCCCCCCN1CCN(C)/C1=N/P(=O)(OC(C)(C)C)N1CCO[C@H](CC(C)(C)C)C1. The standard InChI is InChI=1S/C29H59N4O3P/c1-9-10-11-12-13-14-15-16-17-18-19-32-21-20-31(8)27(32)30-37(34,36-29(5,6)7)33-22-23-35-26(25-33)24-28(2,3)4/h26H,9-25H2,1-8H3/b30-27-/t26-,37?/m1/s1. The number of rotatable bonds is 15. The molecule has 0 aromatic heterocycles. The lowest BCUT2D eigenvalue weighted by molar-refractivity contribution is -0.0291. The summed E-state index contributed by atoms with van der Waals surface area (Å²) in [4.78, 5) is 4.46. The summed E-state index contributed by atoms with van der Waals surface area (Å²) >= 11 is 0. The lowest BCUT2D eigenvalue weighted by Crippen LogP contribution is -2.43. The van der Waals surface area contributed by atoms with E-state index in [0.717, 1.165) is 38.4 Å². The molecule has 2 aliphatic heterocycles. The van der Waals surface area contributed by atoms with Crippen molar-refractivity contribution in [3.05, 3.63) is 0 Å². The van der Waals surface area contributed by atoms with Crippen LogP contribution in [0.25, 0.3) is 0 Å². The molecule has 1 unspecified atom stereocenters. The minimum Gasteiger partial charge on any atom is -0.376 e. The average molecular weight is 543 g/mol. The van der Waals surface area contributed by atoms with E-state index in [1.165, 1.54) is 57.8 Å². The van der Waals surface area contributed by atoms with Crippen molar-refractivity contribution in [3.8, 4) is 0 Å². The van der Waals surface area contributed by atoms with Gasteiger partial charge in [0.1, 0.15) is 0 Å². The number of hydrogen-bond donors (Lipinski definition) is 0. The van der Waals surface area contributed by atoms with E-state index in [0.29, 0.717) is 19.7 Å². The van der Waals surface area contributed by atoms with Crippen LogP contribution in [-0.4, -0.2) is 78.5 Å². The quantitative estimate of drug-likeness (QED) is 0.157. The van der Waals surface area contributed by atoms with E-state index < -0.39 is 13.3 Å². The number of hydrogen-bond acceptors (Lipinski definition) is 3. The Morgan fingerprint density at radius 3 is 2.08 bits per heavy atom. The van der Waals surface area contributed by atoms with Gasteiger partial charge in [-0.3, -0.25) is 4.52 Å². The summed E-state index contributed by atoms with van der Waals surface area (Å²) in [5, 5.41) is 0. The molecule has 0 saturated carbocycles. The third kappa shape index (κ3) is 12.4. The molecular weight excluding hydrogens is 483 g/mol. The van der Waals surface area contributed by atoms with Gasteiger partial charge < -0.3 is 14.5 Å². The number of morpholine rings is 1. The molecule has 0 aromatic carbocycles. The van der Waals surface area contributed by atoms with Gasteiger partial charge in [-0.2, -0.15) is 4.76 Å². The van der Waals surface area contributed by atoms with Crippen LogP contribution in [0.4, 0.5) is 0 Å². The summed E-state index contributed by atoms with van der Waals surface area (Å²) in [6.07, 6.45) is 14.2. The second-order valence-corrected chi connectivity index (χ2v) is 15.3. The fraction of sp³-hybridized carbons (Fsp3) is 0.966. The highest BCUT2D eigenvalue weighted by Crippen LogP contribution is 2.56. The Kier molecular flexibility index (Phi) is 13.4. The van der Waals surface area contributed by atoms with Gasteiger partial charge in [0, 0.05) is 39.8 Å². The predicted molar refractivity (Wildman–Crippen MR) is 157 cm³/mol. The van der Waals surface area contributed by atoms with Crippen molar-refractivity contribution in [1.82, 2.24) is 14.5 Å². The number of guanidine groups is 1. The van der Waals surface area contributed by atoms with E-state index in [4.69, 9.17) is 14.0 Å². The Labute approximate surface area is 229 Å². The predicted octanol–water partition coefficient (Wildman–Crippen LogP) is 7.57. The number of unbranched alkanes of at least 4 members (excludes halogenated alkanes) is 9. The maximum absolute atomic E-state index is 14.5. The van der Waals surface area contributed by atoms with E-state index in [9.17, 15) is 4.57 Å². The molecule has 2 atom stereocenters. The van der Waals surface area contributed by atoms with Crippen molar-refractivity contribution < 1.29 is 13.8 Å². The van der Waals surface area contributed by atoms with Crippen molar-refractivity contribution in [2.24, 2.45) is 10.2 Å². The molecule has 2 fully saturated rings. The highest BCUT2D eigenvalue weighted by Gasteiger charge is 2.42. The molecule has 0 amide bonds. The van der Waals surface area contributed by atoms with Crippen LogP contribution in [0.15, 0.2) is 4.76 Å². The van der Waals surface area contributed by atoms with Crippen LogP contribution in [-0.2, 0) is 13.8 Å². The molecule has 7 nitrogen and oxygen atoms in total. The Morgan fingerprint density at radius 2 is 1.51 bits per heavy atom. The van der Waals surface area contributed by atoms with Crippen molar-refractivity contribution in [2.45, 2.75) is 131 Å². The van der Waals surface area contributed by atoms with Gasteiger partial charge in [-0.15, -0.1) is 0 Å². The lowest BCUT2D eigenvalue weighted by Gasteiger charge is -2.39. The maximum atomic E-state index is 14.5. The van der Waals surface area contributed by atoms with Gasteiger partial charge in [-0.25, -0.2) is 9.24 Å². The molecule has 0 aliphatic carbocycles. The summed E-state index contributed by atoms with van der Waals surface area (Å²) < 4.78 is 33.7. The molecule has 2 rings (SSSR count). The summed E-state index contributed by atoms with van der Waals surface area (Å²) in [7, 11) is -1.39. The van der Waals surface area contributed by atoms with E-state index in [2.05, 4.69) is 44.5 Å². The lowest BCUT2D eigenvalue weighted by atomic mass is 9.89. The van der Waals surface area contributed by atoms with E-state index in [-0.39, 0.29) is 11.5 Å². The normalized spacial score (nSPS) is 22.7. The molecule has 2 heterocycles. The first-order valence-electron chi connectivity index (χ1n) is 15.1. The Morgan fingerprint density at radius 1 is 0.919 bits per heavy atom. The summed E-state index contributed by atoms with van der Waals surface area (Å²) in [6.45, 7) is 19.4. The molecule has 8 heteroatoms. The Bertz CT molecular complexity index is 732. The van der Waals surface area contributed by atoms with E-state index in [1.54, 1.807) is 0 Å². The summed E-state index contributed by atoms with van der Waals surface area (Å²) in [6, 6.07) is 0. The smallest absolute Gasteiger partial charge is 0.376 e. The largest absolute Gasteiger partial charge is 0.393 e. The minimum atomic E-state index is -3.45. The van der Waals surface area contributed by atoms with Crippen LogP contribution in [0, 0.1) is 5.41 Å². The minimum absolute atomic E-state index is 0.0369. The molecule has 37 heavy (non-hydrogen) atoms. The zero-order chi connectivity index (χ0) is 27.5. The first kappa shape index (κ1) is 32.6. The fourth-order valence-electron chi connectivity index (χ4n) is 5.20. The summed E-state index contributed by atoms with van der Waals surface area (Å²) in [5.74, 6) is 0.822. The molecule has 0 aromatic rings. The molecule has 0 radical (unpaired) electrons. The van der Waals surface area contributed by atoms with Gasteiger partial charge in [-0.1, -0.05) is 85.5 Å². The van der Waals surface area contributed by atoms with Gasteiger partial charge in [0.25, 0.3) is 0 Å². The second-order valence-electron chi connectivity index (χ2n) is 13.4. The number of ether oxygens (including phenoxy) is 1. The third-order valence-electron chi connectivity index (χ3n) is 7.03. The fourth-order valence-corrected chi connectivity index (χ4v) is 7.43. The van der Waals surface area contributed by atoms with Crippen molar-refractivity contribution >= 4 is 13.6 Å². The van der Waals surface area contributed by atoms with E-state index >= 15 is 0 Å². The highest BCUT2D eigenvalue weighted by atomic mass is 31.2. The van der Waals surface area contributed by atoms with Crippen LogP contribution in [0.3, 0.4) is 0 Å². The molecule has 218 valence electrons. The second kappa shape index (κ2) is 15.2. The Balaban J connectivity index is 1.99. The molecule has 0 spiro atoms. The molecule has 0 bridgehead atoms. The van der Waals surface area contributed by atoms with Gasteiger partial charge in [0.15, 0.2) is 0 Å². The zero-order valence-electron chi connectivity index (χ0n) is 25.6. The van der Waals surface area contributed by atoms with Crippen molar-refractivity contribution in [2.75, 3.05) is 46.4 Å². The monoisotopic (exact) mass is 542 g/mol. The summed E-state index contributed by atoms with van der Waals surface area (Å²) in [5.41, 5.74) is -0.415.